The minimum Gasteiger partial charge on any atom is -0.291 e. The normalized spacial score (nSPS) is 22.9. The summed E-state index contributed by atoms with van der Waals surface area (Å²) in [7, 11) is -4.17. The molecule has 0 radical (unpaired) electrons. The Bertz CT molecular complexity index is 1370. The SMILES string of the molecule is O=[N+]([O-])c1ccccc1S(=O)(=O)N1CC2C(c3ccccc31)N(Cc1ccccc1)OC21CC1. The summed E-state index contributed by atoms with van der Waals surface area (Å²) in [5.41, 5.74) is 1.70. The standard InChI is InChI=1S/C25H23N3O5S/c29-28(30)22-12-6-7-13-23(22)34(31,32)27-17-20-24(19-10-4-5-11-21(19)27)26(33-25(20)14-15-25)16-18-8-2-1-3-9-18/h1-13,20,24H,14-17H2. The van der Waals surface area contributed by atoms with Crippen molar-refractivity contribution in [3.8, 4) is 0 Å². The molecule has 8 nitrogen and oxygen atoms in total. The fourth-order valence-corrected chi connectivity index (χ4v) is 7.05. The van der Waals surface area contributed by atoms with E-state index in [-0.39, 0.29) is 23.4 Å². The largest absolute Gasteiger partial charge is 0.291 e. The molecule has 1 aliphatic carbocycles. The third-order valence-corrected chi connectivity index (χ3v) is 8.93. The van der Waals surface area contributed by atoms with Crippen LogP contribution in [0.2, 0.25) is 0 Å². The van der Waals surface area contributed by atoms with E-state index in [1.54, 1.807) is 12.1 Å². The van der Waals surface area contributed by atoms with Gasteiger partial charge in [0.05, 0.1) is 22.3 Å². The van der Waals surface area contributed by atoms with Crippen molar-refractivity contribution in [3.63, 3.8) is 0 Å². The van der Waals surface area contributed by atoms with E-state index < -0.39 is 26.2 Å². The van der Waals surface area contributed by atoms with Crippen molar-refractivity contribution in [2.24, 2.45) is 5.92 Å². The van der Waals surface area contributed by atoms with Crippen molar-refractivity contribution in [1.82, 2.24) is 5.06 Å². The van der Waals surface area contributed by atoms with Crippen LogP contribution in [0.3, 0.4) is 0 Å². The van der Waals surface area contributed by atoms with Crippen LogP contribution in [0, 0.1) is 16.0 Å². The first-order valence-electron chi connectivity index (χ1n) is 11.3. The molecule has 2 heterocycles. The van der Waals surface area contributed by atoms with Gasteiger partial charge in [-0.2, -0.15) is 5.06 Å². The average Bonchev–Trinajstić information content (AvgIpc) is 3.56. The molecule has 1 saturated heterocycles. The minimum absolute atomic E-state index is 0.0799. The molecule has 3 aromatic carbocycles. The maximum Gasteiger partial charge on any atom is 0.289 e. The lowest BCUT2D eigenvalue weighted by Crippen LogP contribution is -2.45. The van der Waals surface area contributed by atoms with Gasteiger partial charge in [0.2, 0.25) is 0 Å². The lowest BCUT2D eigenvalue weighted by molar-refractivity contribution is -0.387. The number of nitrogens with zero attached hydrogens (tertiary/aromatic N) is 3. The molecule has 9 heteroatoms. The third kappa shape index (κ3) is 3.23. The number of hydroxylamine groups is 2. The minimum atomic E-state index is -4.17. The van der Waals surface area contributed by atoms with Crippen LogP contribution in [0.15, 0.2) is 83.8 Å². The van der Waals surface area contributed by atoms with Gasteiger partial charge in [0, 0.05) is 25.1 Å². The average molecular weight is 478 g/mol. The van der Waals surface area contributed by atoms with Crippen LogP contribution in [-0.4, -0.2) is 30.6 Å². The zero-order chi connectivity index (χ0) is 23.5. The molecule has 174 valence electrons. The Hall–Kier alpha value is -3.27. The lowest BCUT2D eigenvalue weighted by atomic mass is 9.84. The smallest absolute Gasteiger partial charge is 0.289 e. The van der Waals surface area contributed by atoms with Crippen molar-refractivity contribution in [1.29, 1.82) is 0 Å². The summed E-state index contributed by atoms with van der Waals surface area (Å²) in [6.07, 6.45) is 1.72. The molecule has 0 aromatic heterocycles. The van der Waals surface area contributed by atoms with Crippen LogP contribution in [0.1, 0.15) is 30.0 Å². The van der Waals surface area contributed by atoms with Crippen LogP contribution in [0.25, 0.3) is 0 Å². The highest BCUT2D eigenvalue weighted by Crippen LogP contribution is 2.61. The summed E-state index contributed by atoms with van der Waals surface area (Å²) < 4.78 is 29.0. The number of para-hydroxylation sites is 2. The van der Waals surface area contributed by atoms with E-state index in [0.717, 1.165) is 24.0 Å². The van der Waals surface area contributed by atoms with Crippen molar-refractivity contribution in [3.05, 3.63) is 100 Å². The second kappa shape index (κ2) is 7.63. The summed E-state index contributed by atoms with van der Waals surface area (Å²) in [6, 6.07) is 22.9. The number of nitro benzene ring substituents is 1. The first-order valence-corrected chi connectivity index (χ1v) is 12.7. The third-order valence-electron chi connectivity index (χ3n) is 7.11. The zero-order valence-electron chi connectivity index (χ0n) is 18.3. The fraction of sp³-hybridized carbons (Fsp3) is 0.280. The molecule has 3 aromatic rings. The van der Waals surface area contributed by atoms with Gasteiger partial charge in [-0.15, -0.1) is 0 Å². The molecule has 2 atom stereocenters. The van der Waals surface area contributed by atoms with Crippen LogP contribution in [0.5, 0.6) is 0 Å². The van der Waals surface area contributed by atoms with Gasteiger partial charge in [-0.25, -0.2) is 8.42 Å². The van der Waals surface area contributed by atoms with Crippen molar-refractivity contribution < 1.29 is 18.2 Å². The number of nitro groups is 1. The number of hydrogen-bond donors (Lipinski definition) is 0. The van der Waals surface area contributed by atoms with Crippen LogP contribution < -0.4 is 4.31 Å². The van der Waals surface area contributed by atoms with E-state index in [1.165, 1.54) is 28.6 Å². The number of fused-ring (bicyclic) bond motifs is 4. The number of hydrogen-bond acceptors (Lipinski definition) is 6. The predicted octanol–water partition coefficient (Wildman–Crippen LogP) is 4.44. The van der Waals surface area contributed by atoms with E-state index in [2.05, 4.69) is 12.1 Å². The monoisotopic (exact) mass is 477 g/mol. The van der Waals surface area contributed by atoms with E-state index >= 15 is 0 Å². The highest BCUT2D eigenvalue weighted by molar-refractivity contribution is 7.93. The molecule has 2 fully saturated rings. The molecule has 0 N–H and O–H groups in total. The van der Waals surface area contributed by atoms with Crippen LogP contribution in [-0.2, 0) is 21.4 Å². The number of anilines is 1. The van der Waals surface area contributed by atoms with Gasteiger partial charge in [-0.05, 0) is 36.1 Å². The van der Waals surface area contributed by atoms with Gasteiger partial charge in [-0.3, -0.25) is 19.3 Å². The van der Waals surface area contributed by atoms with E-state index in [4.69, 9.17) is 4.84 Å². The number of sulfonamides is 1. The Kier molecular flexibility index (Phi) is 4.77. The van der Waals surface area contributed by atoms with Crippen molar-refractivity contribution >= 4 is 21.4 Å². The molecule has 1 saturated carbocycles. The molecule has 1 spiro atoms. The van der Waals surface area contributed by atoms with Gasteiger partial charge in [-0.1, -0.05) is 60.7 Å². The summed E-state index contributed by atoms with van der Waals surface area (Å²) in [5.74, 6) is -0.0799. The zero-order valence-corrected chi connectivity index (χ0v) is 19.1. The highest BCUT2D eigenvalue weighted by atomic mass is 32.2. The van der Waals surface area contributed by atoms with Gasteiger partial charge in [0.1, 0.15) is 0 Å². The predicted molar refractivity (Wildman–Crippen MR) is 125 cm³/mol. The quantitative estimate of drug-likeness (QED) is 0.398. The summed E-state index contributed by atoms with van der Waals surface area (Å²) >= 11 is 0. The Morgan fingerprint density at radius 3 is 2.38 bits per heavy atom. The molecular weight excluding hydrogens is 454 g/mol. The van der Waals surface area contributed by atoms with Crippen molar-refractivity contribution in [2.75, 3.05) is 10.8 Å². The van der Waals surface area contributed by atoms with E-state index in [0.29, 0.717) is 12.2 Å². The van der Waals surface area contributed by atoms with Gasteiger partial charge >= 0.3 is 0 Å². The molecule has 6 rings (SSSR count). The molecule has 34 heavy (non-hydrogen) atoms. The number of benzene rings is 3. The highest BCUT2D eigenvalue weighted by Gasteiger charge is 2.64. The maximum absolute atomic E-state index is 13.8. The topological polar surface area (TPSA) is 93.0 Å². The molecule has 2 aliphatic heterocycles. The van der Waals surface area contributed by atoms with Crippen molar-refractivity contribution in [2.45, 2.75) is 35.9 Å². The summed E-state index contributed by atoms with van der Waals surface area (Å²) in [5, 5.41) is 13.6. The second-order valence-electron chi connectivity index (χ2n) is 9.09. The molecule has 0 bridgehead atoms. The Morgan fingerprint density at radius 1 is 0.971 bits per heavy atom. The fourth-order valence-electron chi connectivity index (χ4n) is 5.38. The van der Waals surface area contributed by atoms with Gasteiger partial charge < -0.3 is 0 Å². The Labute approximate surface area is 197 Å². The van der Waals surface area contributed by atoms with Crippen LogP contribution >= 0.6 is 0 Å². The van der Waals surface area contributed by atoms with E-state index in [9.17, 15) is 18.5 Å². The van der Waals surface area contributed by atoms with Crippen LogP contribution in [0.4, 0.5) is 11.4 Å². The summed E-state index contributed by atoms with van der Waals surface area (Å²) in [6.45, 7) is 0.802. The molecule has 3 aliphatic rings. The molecule has 2 unspecified atom stereocenters. The molecule has 0 amide bonds. The first kappa shape index (κ1) is 21.3. The molecular formula is C25H23N3O5S. The number of rotatable bonds is 5. The maximum atomic E-state index is 13.8. The second-order valence-corrected chi connectivity index (χ2v) is 10.9. The first-order chi connectivity index (χ1) is 16.4. The Balaban J connectivity index is 1.45. The van der Waals surface area contributed by atoms with E-state index in [1.807, 2.05) is 35.4 Å². The van der Waals surface area contributed by atoms with Gasteiger partial charge in [0.25, 0.3) is 15.7 Å². The van der Waals surface area contributed by atoms with Gasteiger partial charge in [0.15, 0.2) is 4.90 Å². The lowest BCUT2D eigenvalue weighted by Gasteiger charge is -2.39. The summed E-state index contributed by atoms with van der Waals surface area (Å²) in [4.78, 5) is 17.2. The Morgan fingerprint density at radius 2 is 1.65 bits per heavy atom.